The van der Waals surface area contributed by atoms with Crippen LogP contribution >= 0.6 is 23.1 Å². The van der Waals surface area contributed by atoms with Gasteiger partial charge in [0.25, 0.3) is 0 Å². The number of aryl methyl sites for hydroxylation is 1. The van der Waals surface area contributed by atoms with Crippen molar-refractivity contribution in [1.29, 1.82) is 0 Å². The van der Waals surface area contributed by atoms with Gasteiger partial charge in [0.15, 0.2) is 5.82 Å². The first-order valence-electron chi connectivity index (χ1n) is 5.96. The highest BCUT2D eigenvalue weighted by atomic mass is 32.2. The minimum atomic E-state index is 0.658. The third-order valence-electron chi connectivity index (χ3n) is 2.47. The molecule has 3 aromatic heterocycles. The molecule has 3 heterocycles. The van der Waals surface area contributed by atoms with Crippen molar-refractivity contribution in [2.45, 2.75) is 17.7 Å². The van der Waals surface area contributed by atoms with E-state index in [9.17, 15) is 0 Å². The zero-order valence-corrected chi connectivity index (χ0v) is 12.4. The van der Waals surface area contributed by atoms with Gasteiger partial charge in [-0.2, -0.15) is 0 Å². The Labute approximate surface area is 124 Å². The third kappa shape index (κ3) is 3.17. The summed E-state index contributed by atoms with van der Waals surface area (Å²) in [7, 11) is 0. The lowest BCUT2D eigenvalue weighted by molar-refractivity contribution is 1.000. The van der Waals surface area contributed by atoms with Crippen molar-refractivity contribution in [3.8, 4) is 11.5 Å². The van der Waals surface area contributed by atoms with Crippen molar-refractivity contribution >= 4 is 23.1 Å². The van der Waals surface area contributed by atoms with Gasteiger partial charge in [0, 0.05) is 11.9 Å². The number of pyridine rings is 1. The van der Waals surface area contributed by atoms with Crippen LogP contribution in [0.15, 0.2) is 41.0 Å². The molecule has 7 heteroatoms. The largest absolute Gasteiger partial charge is 0.253 e. The highest BCUT2D eigenvalue weighted by molar-refractivity contribution is 7.98. The maximum Gasteiger partial charge on any atom is 0.179 e. The van der Waals surface area contributed by atoms with E-state index in [0.717, 1.165) is 27.2 Å². The minimum Gasteiger partial charge on any atom is -0.253 e. The zero-order chi connectivity index (χ0) is 13.8. The molecule has 0 aromatic carbocycles. The Hall–Kier alpha value is -1.86. The van der Waals surface area contributed by atoms with Crippen LogP contribution in [0.2, 0.25) is 0 Å². The summed E-state index contributed by atoms with van der Waals surface area (Å²) in [5.41, 5.74) is 3.45. The van der Waals surface area contributed by atoms with Crippen LogP contribution in [0.5, 0.6) is 0 Å². The first-order valence-corrected chi connectivity index (χ1v) is 7.83. The molecule has 0 bridgehead atoms. The van der Waals surface area contributed by atoms with E-state index in [1.54, 1.807) is 34.8 Å². The van der Waals surface area contributed by atoms with Crippen molar-refractivity contribution in [3.63, 3.8) is 0 Å². The Morgan fingerprint density at radius 3 is 2.95 bits per heavy atom. The molecule has 0 aliphatic rings. The van der Waals surface area contributed by atoms with Crippen LogP contribution in [0, 0.1) is 6.92 Å². The summed E-state index contributed by atoms with van der Waals surface area (Å²) in [5, 5.41) is 9.77. The van der Waals surface area contributed by atoms with Crippen molar-refractivity contribution in [3.05, 3.63) is 46.7 Å². The summed E-state index contributed by atoms with van der Waals surface area (Å²) in [6, 6.07) is 7.69. The summed E-state index contributed by atoms with van der Waals surface area (Å²) in [6.45, 7) is 1.96. The highest BCUT2D eigenvalue weighted by Gasteiger charge is 2.07. The number of hydrogen-bond acceptors (Lipinski definition) is 7. The number of aromatic nitrogens is 5. The molecule has 5 nitrogen and oxygen atoms in total. The van der Waals surface area contributed by atoms with E-state index in [1.807, 2.05) is 31.2 Å². The maximum atomic E-state index is 4.55. The molecule has 0 radical (unpaired) electrons. The summed E-state index contributed by atoms with van der Waals surface area (Å²) in [5.74, 6) is 1.42. The van der Waals surface area contributed by atoms with E-state index in [0.29, 0.717) is 5.82 Å². The molecule has 3 aromatic rings. The predicted molar refractivity (Wildman–Crippen MR) is 79.5 cm³/mol. The van der Waals surface area contributed by atoms with E-state index in [1.165, 1.54) is 0 Å². The SMILES string of the molecule is Cc1cc(SCc2nncs2)nc(-c2ccccn2)n1. The minimum absolute atomic E-state index is 0.658. The fraction of sp³-hybridized carbons (Fsp3) is 0.154. The van der Waals surface area contributed by atoms with E-state index in [-0.39, 0.29) is 0 Å². The van der Waals surface area contributed by atoms with Crippen LogP contribution in [0.3, 0.4) is 0 Å². The molecule has 0 amide bonds. The molecule has 0 fully saturated rings. The summed E-state index contributed by atoms with van der Waals surface area (Å²) >= 11 is 3.18. The summed E-state index contributed by atoms with van der Waals surface area (Å²) in [6.07, 6.45) is 1.75. The number of nitrogens with zero attached hydrogens (tertiary/aromatic N) is 5. The van der Waals surface area contributed by atoms with Gasteiger partial charge in [-0.05, 0) is 25.1 Å². The first kappa shape index (κ1) is 13.1. The summed E-state index contributed by atoms with van der Waals surface area (Å²) in [4.78, 5) is 13.3. The molecule has 0 aliphatic carbocycles. The second-order valence-electron chi connectivity index (χ2n) is 4.01. The van der Waals surface area contributed by atoms with Crippen LogP contribution in [0.1, 0.15) is 10.7 Å². The second kappa shape index (κ2) is 6.06. The standard InChI is InChI=1S/C13H11N5S2/c1-9-6-11(19-7-12-18-15-8-20-12)17-13(16-9)10-4-2-3-5-14-10/h2-6,8H,7H2,1H3. The normalized spacial score (nSPS) is 10.7. The van der Waals surface area contributed by atoms with E-state index >= 15 is 0 Å². The van der Waals surface area contributed by atoms with Crippen LogP contribution in [-0.2, 0) is 5.75 Å². The number of thioether (sulfide) groups is 1. The average molecular weight is 301 g/mol. The van der Waals surface area contributed by atoms with Gasteiger partial charge in [0.05, 0.1) is 5.75 Å². The van der Waals surface area contributed by atoms with Crippen LogP contribution in [0.25, 0.3) is 11.5 Å². The fourth-order valence-electron chi connectivity index (χ4n) is 1.62. The quantitative estimate of drug-likeness (QED) is 0.545. The number of rotatable bonds is 4. The molecule has 0 N–H and O–H groups in total. The van der Waals surface area contributed by atoms with Gasteiger partial charge in [-0.15, -0.1) is 21.5 Å². The van der Waals surface area contributed by atoms with Crippen molar-refractivity contribution < 1.29 is 0 Å². The average Bonchev–Trinajstić information content (AvgIpc) is 2.99. The highest BCUT2D eigenvalue weighted by Crippen LogP contribution is 2.24. The van der Waals surface area contributed by atoms with Crippen molar-refractivity contribution in [1.82, 2.24) is 25.1 Å². The van der Waals surface area contributed by atoms with E-state index in [4.69, 9.17) is 0 Å². The molecule has 100 valence electrons. The smallest absolute Gasteiger partial charge is 0.179 e. The number of hydrogen-bond donors (Lipinski definition) is 0. The maximum absolute atomic E-state index is 4.55. The van der Waals surface area contributed by atoms with Crippen molar-refractivity contribution in [2.24, 2.45) is 0 Å². The third-order valence-corrected chi connectivity index (χ3v) is 4.28. The fourth-order valence-corrected chi connectivity index (χ4v) is 3.11. The van der Waals surface area contributed by atoms with Crippen LogP contribution in [0.4, 0.5) is 0 Å². The van der Waals surface area contributed by atoms with Gasteiger partial charge < -0.3 is 0 Å². The lowest BCUT2D eigenvalue weighted by atomic mass is 10.3. The molecule has 0 unspecified atom stereocenters. The molecule has 3 rings (SSSR count). The zero-order valence-electron chi connectivity index (χ0n) is 10.7. The molecule has 0 saturated carbocycles. The second-order valence-corrected chi connectivity index (χ2v) is 5.92. The first-order chi connectivity index (χ1) is 9.81. The predicted octanol–water partition coefficient (Wildman–Crippen LogP) is 2.99. The molecule has 0 aliphatic heterocycles. The Morgan fingerprint density at radius 1 is 1.25 bits per heavy atom. The Balaban J connectivity index is 1.83. The Kier molecular flexibility index (Phi) is 3.98. The van der Waals surface area contributed by atoms with Crippen LogP contribution < -0.4 is 0 Å². The lowest BCUT2D eigenvalue weighted by Gasteiger charge is -2.04. The molecule has 0 saturated heterocycles. The van der Waals surface area contributed by atoms with Crippen molar-refractivity contribution in [2.75, 3.05) is 0 Å². The molecular weight excluding hydrogens is 290 g/mol. The Bertz CT molecular complexity index is 685. The van der Waals surface area contributed by atoms with Gasteiger partial charge in [0.2, 0.25) is 0 Å². The van der Waals surface area contributed by atoms with Gasteiger partial charge in [-0.25, -0.2) is 9.97 Å². The van der Waals surface area contributed by atoms with E-state index < -0.39 is 0 Å². The summed E-state index contributed by atoms with van der Waals surface area (Å²) < 4.78 is 0. The lowest BCUT2D eigenvalue weighted by Crippen LogP contribution is -1.95. The molecule has 0 atom stereocenters. The molecule has 20 heavy (non-hydrogen) atoms. The van der Waals surface area contributed by atoms with Gasteiger partial charge in [-0.1, -0.05) is 17.8 Å². The molecular formula is C13H11N5S2. The van der Waals surface area contributed by atoms with Gasteiger partial charge in [0.1, 0.15) is 21.2 Å². The van der Waals surface area contributed by atoms with Gasteiger partial charge in [-0.3, -0.25) is 4.98 Å². The molecule has 0 spiro atoms. The monoisotopic (exact) mass is 301 g/mol. The van der Waals surface area contributed by atoms with Crippen LogP contribution in [-0.4, -0.2) is 25.1 Å². The topological polar surface area (TPSA) is 64.5 Å². The van der Waals surface area contributed by atoms with E-state index in [2.05, 4.69) is 25.1 Å². The Morgan fingerprint density at radius 2 is 2.20 bits per heavy atom. The van der Waals surface area contributed by atoms with Gasteiger partial charge >= 0.3 is 0 Å².